The summed E-state index contributed by atoms with van der Waals surface area (Å²) in [5.74, 6) is 0. The minimum Gasteiger partial charge on any atom is -0.371 e. The summed E-state index contributed by atoms with van der Waals surface area (Å²) in [6, 6.07) is 6.17. The molecule has 0 aromatic heterocycles. The molecule has 0 radical (unpaired) electrons. The lowest BCUT2D eigenvalue weighted by Gasteiger charge is -2.16. The first-order valence-corrected chi connectivity index (χ1v) is 4.72. The molecule has 0 unspecified atom stereocenters. The molecule has 0 saturated heterocycles. The average Bonchev–Trinajstić information content (AvgIpc) is 2.46. The van der Waals surface area contributed by atoms with Gasteiger partial charge < -0.3 is 11.1 Å². The molecule has 1 aliphatic rings. The molecule has 3 N–H and O–H groups in total. The minimum absolute atomic E-state index is 0. The highest BCUT2D eigenvalue weighted by atomic mass is 35.5. The molecule has 0 aliphatic carbocycles. The van der Waals surface area contributed by atoms with Crippen LogP contribution in [0, 0.1) is 0 Å². The van der Waals surface area contributed by atoms with E-state index in [1.54, 1.807) is 0 Å². The van der Waals surface area contributed by atoms with Gasteiger partial charge in [0.15, 0.2) is 0 Å². The minimum atomic E-state index is 0. The van der Waals surface area contributed by atoms with E-state index >= 15 is 0 Å². The highest BCUT2D eigenvalue weighted by molar-refractivity contribution is 6.30. The average molecular weight is 199 g/mol. The van der Waals surface area contributed by atoms with E-state index in [0.29, 0.717) is 0 Å². The SMILES string of the molecule is CCN1CCc2ccc(Cl)cc21.N. The zero-order valence-corrected chi connectivity index (χ0v) is 8.64. The summed E-state index contributed by atoms with van der Waals surface area (Å²) in [5.41, 5.74) is 2.76. The highest BCUT2D eigenvalue weighted by Gasteiger charge is 2.16. The van der Waals surface area contributed by atoms with Gasteiger partial charge in [-0.1, -0.05) is 17.7 Å². The Morgan fingerprint density at radius 1 is 1.46 bits per heavy atom. The van der Waals surface area contributed by atoms with Gasteiger partial charge in [0.25, 0.3) is 0 Å². The van der Waals surface area contributed by atoms with E-state index in [9.17, 15) is 0 Å². The van der Waals surface area contributed by atoms with Crippen molar-refractivity contribution in [1.82, 2.24) is 6.15 Å². The Bertz CT molecular complexity index is 299. The van der Waals surface area contributed by atoms with Gasteiger partial charge in [0, 0.05) is 23.8 Å². The summed E-state index contributed by atoms with van der Waals surface area (Å²) >= 11 is 5.92. The molecule has 1 heterocycles. The van der Waals surface area contributed by atoms with Crippen molar-refractivity contribution >= 4 is 17.3 Å². The molecule has 0 saturated carbocycles. The van der Waals surface area contributed by atoms with Gasteiger partial charge in [-0.2, -0.15) is 0 Å². The van der Waals surface area contributed by atoms with Crippen LogP contribution in [0.2, 0.25) is 5.02 Å². The molecule has 2 nitrogen and oxygen atoms in total. The summed E-state index contributed by atoms with van der Waals surface area (Å²) in [7, 11) is 0. The normalized spacial score (nSPS) is 13.8. The molecule has 0 atom stereocenters. The van der Waals surface area contributed by atoms with Crippen molar-refractivity contribution in [3.05, 3.63) is 28.8 Å². The Morgan fingerprint density at radius 3 is 2.92 bits per heavy atom. The van der Waals surface area contributed by atoms with E-state index in [2.05, 4.69) is 24.0 Å². The first-order chi connectivity index (χ1) is 5.81. The number of hydrogen-bond acceptors (Lipinski definition) is 2. The topological polar surface area (TPSA) is 38.2 Å². The van der Waals surface area contributed by atoms with Gasteiger partial charge in [-0.15, -0.1) is 0 Å². The first-order valence-electron chi connectivity index (χ1n) is 4.34. The van der Waals surface area contributed by atoms with Crippen LogP contribution in [0.15, 0.2) is 18.2 Å². The van der Waals surface area contributed by atoms with Crippen LogP contribution in [0.3, 0.4) is 0 Å². The lowest BCUT2D eigenvalue weighted by atomic mass is 10.2. The molecule has 13 heavy (non-hydrogen) atoms. The third kappa shape index (κ3) is 1.79. The van der Waals surface area contributed by atoms with Gasteiger partial charge in [-0.3, -0.25) is 0 Å². The molecular formula is C10H15ClN2. The number of nitrogens with zero attached hydrogens (tertiary/aromatic N) is 1. The largest absolute Gasteiger partial charge is 0.371 e. The zero-order chi connectivity index (χ0) is 8.55. The number of rotatable bonds is 1. The van der Waals surface area contributed by atoms with Gasteiger partial charge in [0.2, 0.25) is 0 Å². The molecule has 0 amide bonds. The predicted octanol–water partition coefficient (Wildman–Crippen LogP) is 2.88. The second kappa shape index (κ2) is 3.99. The molecule has 1 aliphatic heterocycles. The summed E-state index contributed by atoms with van der Waals surface area (Å²) < 4.78 is 0. The van der Waals surface area contributed by atoms with Crippen molar-refractivity contribution in [2.45, 2.75) is 13.3 Å². The lowest BCUT2D eigenvalue weighted by Crippen LogP contribution is -2.18. The molecule has 1 aromatic rings. The summed E-state index contributed by atoms with van der Waals surface area (Å²) in [4.78, 5) is 2.36. The smallest absolute Gasteiger partial charge is 0.0426 e. The van der Waals surface area contributed by atoms with Crippen LogP contribution < -0.4 is 11.1 Å². The van der Waals surface area contributed by atoms with E-state index in [1.165, 1.54) is 17.7 Å². The Morgan fingerprint density at radius 2 is 2.23 bits per heavy atom. The van der Waals surface area contributed by atoms with E-state index in [1.807, 2.05) is 6.07 Å². The maximum atomic E-state index is 5.92. The summed E-state index contributed by atoms with van der Waals surface area (Å²) in [5, 5.41) is 0.842. The number of fused-ring (bicyclic) bond motifs is 1. The monoisotopic (exact) mass is 198 g/mol. The van der Waals surface area contributed by atoms with Crippen LogP contribution in [0.5, 0.6) is 0 Å². The summed E-state index contributed by atoms with van der Waals surface area (Å²) in [6.07, 6.45) is 1.17. The standard InChI is InChI=1S/C10H12ClN.H3N/c1-2-12-6-5-8-3-4-9(11)7-10(8)12;/h3-4,7H,2,5-6H2,1H3;1H3. The number of anilines is 1. The number of hydrogen-bond donors (Lipinski definition) is 1. The molecule has 0 bridgehead atoms. The fourth-order valence-corrected chi connectivity index (χ4v) is 1.91. The molecular weight excluding hydrogens is 184 g/mol. The van der Waals surface area contributed by atoms with Crippen molar-refractivity contribution in [1.29, 1.82) is 0 Å². The number of halogens is 1. The van der Waals surface area contributed by atoms with E-state index in [4.69, 9.17) is 11.6 Å². The van der Waals surface area contributed by atoms with Gasteiger partial charge in [0.1, 0.15) is 0 Å². The van der Waals surface area contributed by atoms with Gasteiger partial charge in [0.05, 0.1) is 0 Å². The predicted molar refractivity (Wildman–Crippen MR) is 58.1 cm³/mol. The van der Waals surface area contributed by atoms with Gasteiger partial charge in [-0.05, 0) is 31.0 Å². The molecule has 1 aromatic carbocycles. The Kier molecular flexibility index (Phi) is 3.17. The van der Waals surface area contributed by atoms with Crippen molar-refractivity contribution in [3.63, 3.8) is 0 Å². The fourth-order valence-electron chi connectivity index (χ4n) is 1.75. The van der Waals surface area contributed by atoms with Crippen molar-refractivity contribution in [2.24, 2.45) is 0 Å². The van der Waals surface area contributed by atoms with Crippen molar-refractivity contribution in [3.8, 4) is 0 Å². The van der Waals surface area contributed by atoms with E-state index in [-0.39, 0.29) is 6.15 Å². The third-order valence-electron chi connectivity index (χ3n) is 2.42. The van der Waals surface area contributed by atoms with Crippen molar-refractivity contribution < 1.29 is 0 Å². The molecule has 0 fully saturated rings. The van der Waals surface area contributed by atoms with Crippen molar-refractivity contribution in [2.75, 3.05) is 18.0 Å². The highest BCUT2D eigenvalue weighted by Crippen LogP contribution is 2.30. The Hall–Kier alpha value is -0.730. The second-order valence-electron chi connectivity index (χ2n) is 3.10. The van der Waals surface area contributed by atoms with Crippen LogP contribution in [0.4, 0.5) is 5.69 Å². The van der Waals surface area contributed by atoms with Gasteiger partial charge in [-0.25, -0.2) is 0 Å². The fraction of sp³-hybridized carbons (Fsp3) is 0.400. The molecule has 72 valence electrons. The van der Waals surface area contributed by atoms with E-state index in [0.717, 1.165) is 18.1 Å². The zero-order valence-electron chi connectivity index (χ0n) is 7.89. The quantitative estimate of drug-likeness (QED) is 0.754. The van der Waals surface area contributed by atoms with E-state index < -0.39 is 0 Å². The lowest BCUT2D eigenvalue weighted by molar-refractivity contribution is 0.868. The maximum Gasteiger partial charge on any atom is 0.0426 e. The Labute approximate surface area is 84.1 Å². The Balaban J connectivity index is 0.000000845. The maximum absolute atomic E-state index is 5.92. The molecule has 2 rings (SSSR count). The van der Waals surface area contributed by atoms with Gasteiger partial charge >= 0.3 is 0 Å². The molecule has 0 spiro atoms. The van der Waals surface area contributed by atoms with Crippen LogP contribution >= 0.6 is 11.6 Å². The first kappa shape index (κ1) is 10.4. The van der Waals surface area contributed by atoms with Crippen LogP contribution in [-0.2, 0) is 6.42 Å². The number of benzene rings is 1. The van der Waals surface area contributed by atoms with Crippen LogP contribution in [0.25, 0.3) is 0 Å². The van der Waals surface area contributed by atoms with Crippen LogP contribution in [0.1, 0.15) is 12.5 Å². The second-order valence-corrected chi connectivity index (χ2v) is 3.54. The molecule has 3 heteroatoms. The summed E-state index contributed by atoms with van der Waals surface area (Å²) in [6.45, 7) is 4.40. The number of likely N-dealkylation sites (N-methyl/N-ethyl adjacent to an activating group) is 1. The van der Waals surface area contributed by atoms with Crippen LogP contribution in [-0.4, -0.2) is 13.1 Å². The third-order valence-corrected chi connectivity index (χ3v) is 2.66.